The van der Waals surface area contributed by atoms with Gasteiger partial charge in [0.2, 0.25) is 23.6 Å². The summed E-state index contributed by atoms with van der Waals surface area (Å²) in [5, 5.41) is 19.5. The van der Waals surface area contributed by atoms with Crippen molar-refractivity contribution in [2.75, 3.05) is 13.1 Å². The van der Waals surface area contributed by atoms with E-state index in [-0.39, 0.29) is 25.2 Å². The number of nitrogens with one attached hydrogen (secondary N) is 4. The number of hydrogen-bond acceptors (Lipinski definition) is 7. The first-order valence-electron chi connectivity index (χ1n) is 15.0. The number of aliphatic carboxylic acids is 1. The van der Waals surface area contributed by atoms with Gasteiger partial charge in [-0.1, -0.05) is 80.9 Å². The Bertz CT molecular complexity index is 1210. The fourth-order valence-electron chi connectivity index (χ4n) is 4.49. The van der Waals surface area contributed by atoms with Crippen molar-refractivity contribution in [3.8, 4) is 0 Å². The van der Waals surface area contributed by atoms with E-state index in [0.29, 0.717) is 25.8 Å². The van der Waals surface area contributed by atoms with Crippen LogP contribution in [-0.4, -0.2) is 72.0 Å². The minimum absolute atomic E-state index is 0.100. The van der Waals surface area contributed by atoms with E-state index < -0.39 is 60.3 Å². The van der Waals surface area contributed by atoms with Crippen molar-refractivity contribution < 1.29 is 29.1 Å². The molecule has 0 aromatic heterocycles. The number of amides is 4. The number of carboxylic acid groups (broad SMARTS) is 1. The summed E-state index contributed by atoms with van der Waals surface area (Å²) >= 11 is 0. The van der Waals surface area contributed by atoms with Crippen LogP contribution in [0.4, 0.5) is 0 Å². The Morgan fingerprint density at radius 1 is 0.727 bits per heavy atom. The zero-order valence-corrected chi connectivity index (χ0v) is 25.5. The fourth-order valence-corrected chi connectivity index (χ4v) is 4.49. The van der Waals surface area contributed by atoms with Crippen LogP contribution in [-0.2, 0) is 36.8 Å². The van der Waals surface area contributed by atoms with Gasteiger partial charge in [0.15, 0.2) is 0 Å². The lowest BCUT2D eigenvalue weighted by Gasteiger charge is -2.27. The highest BCUT2D eigenvalue weighted by Gasteiger charge is 2.31. The molecular formula is C32H46N6O6. The first-order chi connectivity index (χ1) is 21.0. The molecule has 2 rings (SSSR count). The van der Waals surface area contributed by atoms with Gasteiger partial charge < -0.3 is 37.8 Å². The molecule has 4 amide bonds. The van der Waals surface area contributed by atoms with E-state index >= 15 is 0 Å². The average molecular weight is 611 g/mol. The van der Waals surface area contributed by atoms with Gasteiger partial charge in [-0.05, 0) is 42.9 Å². The van der Waals surface area contributed by atoms with Crippen molar-refractivity contribution in [3.05, 3.63) is 71.8 Å². The Morgan fingerprint density at radius 2 is 1.20 bits per heavy atom. The summed E-state index contributed by atoms with van der Waals surface area (Å²) in [6.07, 6.45) is 2.27. The van der Waals surface area contributed by atoms with Crippen molar-refractivity contribution >= 4 is 29.6 Å². The lowest BCUT2D eigenvalue weighted by atomic mass is 9.98. The molecule has 240 valence electrons. The standard InChI is InChI=1S/C32H46N6O6/c1-3-21(2)28(34)32(44)38-26(19-23-14-8-5-9-15-23)31(43)37-25(18-22-12-6-4-7-13-22)30(42)36-24(16-10-11-17-33)29(41)35-20-27(39)40/h4-9,12-15,21,24-26,28H,3,10-11,16-20,33-34H2,1-2H3,(H,35,41)(H,36,42)(H,37,43)(H,38,44)(H,39,40)/t21-,24-,25-,26-,28-/m0/s1. The van der Waals surface area contributed by atoms with E-state index in [1.807, 2.05) is 50.2 Å². The second-order valence-corrected chi connectivity index (χ2v) is 10.9. The maximum absolute atomic E-state index is 13.8. The molecule has 0 spiro atoms. The largest absolute Gasteiger partial charge is 0.480 e. The number of carbonyl (C=O) groups is 5. The number of carbonyl (C=O) groups excluding carboxylic acids is 4. The SMILES string of the molecule is CC[C@H](C)[C@H](N)C(=O)N[C@@H](Cc1ccccc1)C(=O)N[C@@H](Cc1ccccc1)C(=O)N[C@@H](CCCCN)C(=O)NCC(=O)O. The van der Waals surface area contributed by atoms with Gasteiger partial charge >= 0.3 is 5.97 Å². The van der Waals surface area contributed by atoms with Crippen LogP contribution in [0.1, 0.15) is 50.7 Å². The van der Waals surface area contributed by atoms with Gasteiger partial charge in [-0.15, -0.1) is 0 Å². The summed E-state index contributed by atoms with van der Waals surface area (Å²) in [6.45, 7) is 3.56. The molecule has 0 saturated carbocycles. The molecule has 0 aliphatic heterocycles. The Morgan fingerprint density at radius 3 is 1.66 bits per heavy atom. The van der Waals surface area contributed by atoms with Crippen molar-refractivity contribution in [1.29, 1.82) is 0 Å². The first-order valence-corrected chi connectivity index (χ1v) is 15.0. The van der Waals surface area contributed by atoms with Crippen LogP contribution in [0.3, 0.4) is 0 Å². The Hall–Kier alpha value is -4.29. The van der Waals surface area contributed by atoms with E-state index in [1.54, 1.807) is 24.3 Å². The minimum Gasteiger partial charge on any atom is -0.480 e. The molecule has 44 heavy (non-hydrogen) atoms. The van der Waals surface area contributed by atoms with Crippen LogP contribution in [0, 0.1) is 5.92 Å². The van der Waals surface area contributed by atoms with Gasteiger partial charge in [0.05, 0.1) is 6.04 Å². The van der Waals surface area contributed by atoms with Crippen LogP contribution < -0.4 is 32.7 Å². The summed E-state index contributed by atoms with van der Waals surface area (Å²) in [4.78, 5) is 64.2. The number of rotatable bonds is 19. The van der Waals surface area contributed by atoms with E-state index in [4.69, 9.17) is 16.6 Å². The molecule has 0 unspecified atom stereocenters. The zero-order chi connectivity index (χ0) is 32.5. The monoisotopic (exact) mass is 610 g/mol. The normalized spacial score (nSPS) is 14.3. The van der Waals surface area contributed by atoms with Gasteiger partial charge in [-0.3, -0.25) is 24.0 Å². The van der Waals surface area contributed by atoms with Gasteiger partial charge in [0.25, 0.3) is 0 Å². The predicted molar refractivity (Wildman–Crippen MR) is 167 cm³/mol. The first kappa shape index (κ1) is 35.9. The molecule has 2 aromatic rings. The Labute approximate surface area is 258 Å². The van der Waals surface area contributed by atoms with Crippen molar-refractivity contribution in [3.63, 3.8) is 0 Å². The highest BCUT2D eigenvalue weighted by Crippen LogP contribution is 2.10. The quantitative estimate of drug-likeness (QED) is 0.112. The molecule has 0 saturated heterocycles. The number of benzene rings is 2. The Balaban J connectivity index is 2.33. The number of unbranched alkanes of at least 4 members (excludes halogenated alkanes) is 1. The van der Waals surface area contributed by atoms with E-state index in [0.717, 1.165) is 11.1 Å². The van der Waals surface area contributed by atoms with Crippen LogP contribution in [0.5, 0.6) is 0 Å². The molecule has 12 heteroatoms. The van der Waals surface area contributed by atoms with Crippen molar-refractivity contribution in [1.82, 2.24) is 21.3 Å². The fraction of sp³-hybridized carbons (Fsp3) is 0.469. The lowest BCUT2D eigenvalue weighted by molar-refractivity contribution is -0.138. The van der Waals surface area contributed by atoms with Gasteiger partial charge in [-0.25, -0.2) is 0 Å². The number of carboxylic acids is 1. The summed E-state index contributed by atoms with van der Waals surface area (Å²) in [5.74, 6) is -3.70. The molecule has 0 aliphatic rings. The van der Waals surface area contributed by atoms with Gasteiger partial charge in [0.1, 0.15) is 24.7 Å². The molecule has 0 fully saturated rings. The second-order valence-electron chi connectivity index (χ2n) is 10.9. The molecule has 12 nitrogen and oxygen atoms in total. The van der Waals surface area contributed by atoms with Gasteiger partial charge in [-0.2, -0.15) is 0 Å². The summed E-state index contributed by atoms with van der Waals surface area (Å²) < 4.78 is 0. The summed E-state index contributed by atoms with van der Waals surface area (Å²) in [7, 11) is 0. The van der Waals surface area contributed by atoms with Crippen molar-refractivity contribution in [2.45, 2.75) is 76.5 Å². The zero-order valence-electron chi connectivity index (χ0n) is 25.5. The summed E-state index contributed by atoms with van der Waals surface area (Å²) in [5.41, 5.74) is 13.3. The molecule has 0 radical (unpaired) electrons. The Kier molecular flexibility index (Phi) is 15.6. The van der Waals surface area contributed by atoms with Crippen LogP contribution >= 0.6 is 0 Å². The van der Waals surface area contributed by atoms with E-state index in [1.165, 1.54) is 0 Å². The van der Waals surface area contributed by atoms with Crippen molar-refractivity contribution in [2.24, 2.45) is 17.4 Å². The number of hydrogen-bond donors (Lipinski definition) is 7. The summed E-state index contributed by atoms with van der Waals surface area (Å²) in [6, 6.07) is 14.2. The van der Waals surface area contributed by atoms with E-state index in [2.05, 4.69) is 21.3 Å². The molecular weight excluding hydrogens is 564 g/mol. The number of nitrogens with two attached hydrogens (primary N) is 2. The van der Waals surface area contributed by atoms with Crippen LogP contribution in [0.15, 0.2) is 60.7 Å². The smallest absolute Gasteiger partial charge is 0.322 e. The van der Waals surface area contributed by atoms with Crippen LogP contribution in [0.25, 0.3) is 0 Å². The predicted octanol–water partition coefficient (Wildman–Crippen LogP) is 0.629. The average Bonchev–Trinajstić information content (AvgIpc) is 3.02. The topological polar surface area (TPSA) is 206 Å². The third-order valence-electron chi connectivity index (χ3n) is 7.38. The highest BCUT2D eigenvalue weighted by atomic mass is 16.4. The second kappa shape index (κ2) is 19.1. The lowest BCUT2D eigenvalue weighted by Crippen LogP contribution is -2.59. The third-order valence-corrected chi connectivity index (χ3v) is 7.38. The molecule has 0 aliphatic carbocycles. The molecule has 2 aromatic carbocycles. The third kappa shape index (κ3) is 12.5. The van der Waals surface area contributed by atoms with E-state index in [9.17, 15) is 24.0 Å². The molecule has 5 atom stereocenters. The maximum Gasteiger partial charge on any atom is 0.322 e. The maximum atomic E-state index is 13.8. The molecule has 0 heterocycles. The molecule has 0 bridgehead atoms. The highest BCUT2D eigenvalue weighted by molar-refractivity contribution is 5.95. The van der Waals surface area contributed by atoms with Crippen LogP contribution in [0.2, 0.25) is 0 Å². The molecule has 9 N–H and O–H groups in total. The van der Waals surface area contributed by atoms with Gasteiger partial charge in [0, 0.05) is 12.8 Å². The minimum atomic E-state index is -1.22.